The molecule has 0 saturated carbocycles. The number of carbonyl (C=O) groups excluding carboxylic acids is 2. The molecule has 8 heteroatoms. The van der Waals surface area contributed by atoms with Crippen LogP contribution in [0.3, 0.4) is 0 Å². The number of rotatable bonds is 5. The van der Waals surface area contributed by atoms with Gasteiger partial charge in [0.1, 0.15) is 0 Å². The molecule has 0 atom stereocenters. The maximum absolute atomic E-state index is 12.3. The molecule has 23 heavy (non-hydrogen) atoms. The molecule has 7 nitrogen and oxygen atoms in total. The van der Waals surface area contributed by atoms with Gasteiger partial charge in [-0.1, -0.05) is 0 Å². The lowest BCUT2D eigenvalue weighted by molar-refractivity contribution is -0.117. The molecule has 0 unspecified atom stereocenters. The largest absolute Gasteiger partial charge is 0.323 e. The Kier molecular flexibility index (Phi) is 4.94. The second-order valence-corrected chi connectivity index (χ2v) is 6.12. The number of carbonyl (C=O) groups is 2. The zero-order valence-electron chi connectivity index (χ0n) is 12.5. The van der Waals surface area contributed by atoms with Crippen molar-refractivity contribution >= 4 is 34.0 Å². The van der Waals surface area contributed by atoms with Crippen molar-refractivity contribution in [1.82, 2.24) is 14.9 Å². The van der Waals surface area contributed by atoms with Gasteiger partial charge in [0.05, 0.1) is 12.2 Å². The van der Waals surface area contributed by atoms with Gasteiger partial charge in [0.15, 0.2) is 10.8 Å². The van der Waals surface area contributed by atoms with Gasteiger partial charge < -0.3 is 5.32 Å². The van der Waals surface area contributed by atoms with Gasteiger partial charge in [-0.2, -0.15) is 0 Å². The number of nitrogens with one attached hydrogen (secondary N) is 2. The monoisotopic (exact) mass is 331 g/mol. The number of hydrogen-bond acceptors (Lipinski definition) is 6. The van der Waals surface area contributed by atoms with Gasteiger partial charge in [0.2, 0.25) is 5.91 Å². The van der Waals surface area contributed by atoms with E-state index >= 15 is 0 Å². The van der Waals surface area contributed by atoms with Crippen LogP contribution in [-0.4, -0.2) is 46.3 Å². The lowest BCUT2D eigenvalue weighted by atomic mass is 10.2. The molecule has 1 aliphatic rings. The lowest BCUT2D eigenvalue weighted by Crippen LogP contribution is -2.31. The van der Waals surface area contributed by atoms with Crippen molar-refractivity contribution in [2.75, 3.05) is 30.3 Å². The van der Waals surface area contributed by atoms with Gasteiger partial charge in [-0.15, -0.1) is 11.3 Å². The van der Waals surface area contributed by atoms with Gasteiger partial charge in [0, 0.05) is 17.8 Å². The molecule has 2 amide bonds. The van der Waals surface area contributed by atoms with Crippen molar-refractivity contribution in [3.63, 3.8) is 0 Å². The Hall–Kier alpha value is -2.32. The van der Waals surface area contributed by atoms with Gasteiger partial charge in [-0.25, -0.2) is 9.97 Å². The molecular weight excluding hydrogens is 314 g/mol. The van der Waals surface area contributed by atoms with E-state index in [0.29, 0.717) is 17.4 Å². The van der Waals surface area contributed by atoms with Crippen molar-refractivity contribution in [1.29, 1.82) is 0 Å². The van der Waals surface area contributed by atoms with E-state index in [0.717, 1.165) is 25.9 Å². The standard InChI is InChI=1S/C15H17N5O2S/c21-12(10-20-7-1-2-8-20)18-11-4-3-5-16-13(11)14(22)19-15-17-6-9-23-15/h3-6,9H,1-2,7-8,10H2,(H,18,21)(H,17,19,22). The first kappa shape index (κ1) is 15.6. The first-order chi connectivity index (χ1) is 11.2. The van der Waals surface area contributed by atoms with Crippen LogP contribution in [0.5, 0.6) is 0 Å². The molecule has 0 aliphatic carbocycles. The molecule has 2 aromatic rings. The Morgan fingerprint density at radius 2 is 2.00 bits per heavy atom. The SMILES string of the molecule is O=C(CN1CCCC1)Nc1cccnc1C(=O)Nc1nccs1. The van der Waals surface area contributed by atoms with Crippen LogP contribution in [0.1, 0.15) is 23.3 Å². The number of amides is 2. The summed E-state index contributed by atoms with van der Waals surface area (Å²) in [6.07, 6.45) is 5.38. The molecule has 2 aromatic heterocycles. The maximum atomic E-state index is 12.3. The van der Waals surface area contributed by atoms with E-state index in [9.17, 15) is 9.59 Å². The molecule has 2 N–H and O–H groups in total. The Morgan fingerprint density at radius 3 is 2.74 bits per heavy atom. The van der Waals surface area contributed by atoms with Crippen molar-refractivity contribution in [2.24, 2.45) is 0 Å². The minimum Gasteiger partial charge on any atom is -0.323 e. The van der Waals surface area contributed by atoms with Crippen molar-refractivity contribution in [3.05, 3.63) is 35.6 Å². The van der Waals surface area contributed by atoms with Gasteiger partial charge in [0.25, 0.3) is 5.91 Å². The quantitative estimate of drug-likeness (QED) is 0.873. The predicted molar refractivity (Wildman–Crippen MR) is 88.6 cm³/mol. The van der Waals surface area contributed by atoms with Gasteiger partial charge in [-0.3, -0.25) is 19.8 Å². The van der Waals surface area contributed by atoms with Crippen LogP contribution in [0.4, 0.5) is 10.8 Å². The molecule has 0 aromatic carbocycles. The highest BCUT2D eigenvalue weighted by Crippen LogP contribution is 2.17. The van der Waals surface area contributed by atoms with E-state index in [1.54, 1.807) is 23.7 Å². The summed E-state index contributed by atoms with van der Waals surface area (Å²) in [5.74, 6) is -0.528. The predicted octanol–water partition coefficient (Wildman–Crippen LogP) is 1.82. The Balaban J connectivity index is 1.67. The van der Waals surface area contributed by atoms with Crippen LogP contribution < -0.4 is 10.6 Å². The molecule has 3 heterocycles. The van der Waals surface area contributed by atoms with E-state index in [4.69, 9.17) is 0 Å². The van der Waals surface area contributed by atoms with Gasteiger partial charge in [-0.05, 0) is 38.1 Å². The summed E-state index contributed by atoms with van der Waals surface area (Å²) in [7, 11) is 0. The number of aromatic nitrogens is 2. The summed E-state index contributed by atoms with van der Waals surface area (Å²) in [5.41, 5.74) is 0.586. The van der Waals surface area contributed by atoms with Crippen LogP contribution in [0.25, 0.3) is 0 Å². The van der Waals surface area contributed by atoms with Crippen LogP contribution in [0.15, 0.2) is 29.9 Å². The van der Waals surface area contributed by atoms with E-state index in [1.807, 2.05) is 0 Å². The Labute approximate surface area is 137 Å². The van der Waals surface area contributed by atoms with E-state index in [2.05, 4.69) is 25.5 Å². The third-order valence-electron chi connectivity index (χ3n) is 3.52. The normalized spacial score (nSPS) is 14.6. The second-order valence-electron chi connectivity index (χ2n) is 5.22. The molecule has 1 aliphatic heterocycles. The summed E-state index contributed by atoms with van der Waals surface area (Å²) < 4.78 is 0. The second kappa shape index (κ2) is 7.30. The highest BCUT2D eigenvalue weighted by atomic mass is 32.1. The van der Waals surface area contributed by atoms with Crippen molar-refractivity contribution in [3.8, 4) is 0 Å². The highest BCUT2D eigenvalue weighted by Gasteiger charge is 2.18. The summed E-state index contributed by atoms with van der Waals surface area (Å²) in [6.45, 7) is 2.22. The van der Waals surface area contributed by atoms with Crippen molar-refractivity contribution < 1.29 is 9.59 Å². The molecule has 120 valence electrons. The fourth-order valence-electron chi connectivity index (χ4n) is 2.46. The minimum atomic E-state index is -0.392. The fraction of sp³-hybridized carbons (Fsp3) is 0.333. The van der Waals surface area contributed by atoms with E-state index < -0.39 is 5.91 Å². The highest BCUT2D eigenvalue weighted by molar-refractivity contribution is 7.13. The maximum Gasteiger partial charge on any atom is 0.278 e. The number of pyridine rings is 1. The Bertz CT molecular complexity index is 683. The molecule has 0 radical (unpaired) electrons. The summed E-state index contributed by atoms with van der Waals surface area (Å²) in [6, 6.07) is 3.36. The first-order valence-electron chi connectivity index (χ1n) is 7.40. The average molecular weight is 331 g/mol. The van der Waals surface area contributed by atoms with Crippen LogP contribution in [-0.2, 0) is 4.79 Å². The lowest BCUT2D eigenvalue weighted by Gasteiger charge is -2.15. The summed E-state index contributed by atoms with van der Waals surface area (Å²) in [4.78, 5) is 34.6. The smallest absolute Gasteiger partial charge is 0.278 e. The molecular formula is C15H17N5O2S. The van der Waals surface area contributed by atoms with Crippen LogP contribution in [0.2, 0.25) is 0 Å². The number of likely N-dealkylation sites (tertiary alicyclic amines) is 1. The third kappa shape index (κ3) is 4.11. The van der Waals surface area contributed by atoms with E-state index in [1.165, 1.54) is 17.5 Å². The zero-order chi connectivity index (χ0) is 16.1. The van der Waals surface area contributed by atoms with Gasteiger partial charge >= 0.3 is 0 Å². The zero-order valence-corrected chi connectivity index (χ0v) is 13.3. The molecule has 1 fully saturated rings. The number of nitrogens with zero attached hydrogens (tertiary/aromatic N) is 3. The summed E-state index contributed by atoms with van der Waals surface area (Å²) >= 11 is 1.32. The third-order valence-corrected chi connectivity index (χ3v) is 4.20. The minimum absolute atomic E-state index is 0.136. The molecule has 0 spiro atoms. The van der Waals surface area contributed by atoms with Crippen LogP contribution >= 0.6 is 11.3 Å². The molecule has 3 rings (SSSR count). The fourth-order valence-corrected chi connectivity index (χ4v) is 2.99. The van der Waals surface area contributed by atoms with E-state index in [-0.39, 0.29) is 11.6 Å². The topological polar surface area (TPSA) is 87.2 Å². The van der Waals surface area contributed by atoms with Crippen molar-refractivity contribution in [2.45, 2.75) is 12.8 Å². The first-order valence-corrected chi connectivity index (χ1v) is 8.28. The molecule has 1 saturated heterocycles. The number of thiazole rings is 1. The number of hydrogen-bond donors (Lipinski definition) is 2. The number of anilines is 2. The Morgan fingerprint density at radius 1 is 1.17 bits per heavy atom. The van der Waals surface area contributed by atoms with Crippen LogP contribution in [0, 0.1) is 0 Å². The average Bonchev–Trinajstić information content (AvgIpc) is 3.21. The summed E-state index contributed by atoms with van der Waals surface area (Å²) in [5, 5.41) is 7.71. The molecule has 0 bridgehead atoms.